The maximum atomic E-state index is 11.2. The number of nitrogens with two attached hydrogens (primary N) is 2. The minimum atomic E-state index is -3.30. The Kier molecular flexibility index (Phi) is 6.64. The van der Waals surface area contributed by atoms with Gasteiger partial charge in [0.15, 0.2) is 20.8 Å². The summed E-state index contributed by atoms with van der Waals surface area (Å²) in [6.07, 6.45) is 5.77. The number of rotatable bonds is 5. The van der Waals surface area contributed by atoms with Crippen LogP contribution in [0.2, 0.25) is 0 Å². The van der Waals surface area contributed by atoms with Crippen molar-refractivity contribution in [2.45, 2.75) is 0 Å². The number of thioether (sulfide) groups is 1. The normalized spacial score (nSPS) is 13.4. The monoisotopic (exact) mass is 405 g/mol. The molecule has 27 heavy (non-hydrogen) atoms. The third-order valence-corrected chi connectivity index (χ3v) is 4.84. The molecule has 0 aromatic carbocycles. The molecule has 2 aromatic rings. The summed E-state index contributed by atoms with van der Waals surface area (Å²) in [5.74, 6) is -0.0690. The van der Waals surface area contributed by atoms with Gasteiger partial charge in [-0.3, -0.25) is 15.4 Å². The largest absolute Gasteiger partial charge is 0.404 e. The standard InChI is InChI=1S/C16H19N7O2S2/c1-20-7-11(6-17)10-5-13-12(21-8-10)3-4-15(22-13)23-16(19)26-14(18)9-27(2,24)25/h3-8,18H,9,17H2,1-2H3,(H2,19,22,23). The van der Waals surface area contributed by atoms with Crippen LogP contribution in [0.15, 0.2) is 40.6 Å². The quantitative estimate of drug-likeness (QED) is 0.499. The van der Waals surface area contributed by atoms with E-state index in [-0.39, 0.29) is 16.0 Å². The van der Waals surface area contributed by atoms with Gasteiger partial charge in [-0.15, -0.1) is 0 Å². The van der Waals surface area contributed by atoms with Crippen LogP contribution in [0, 0.1) is 5.41 Å². The summed E-state index contributed by atoms with van der Waals surface area (Å²) in [6.45, 7) is 0. The van der Waals surface area contributed by atoms with Crippen LogP contribution in [0.4, 0.5) is 5.82 Å². The molecule has 0 atom stereocenters. The van der Waals surface area contributed by atoms with Gasteiger partial charge in [0.2, 0.25) is 0 Å². The molecule has 11 heteroatoms. The second kappa shape index (κ2) is 8.73. The molecule has 0 unspecified atom stereocenters. The molecule has 0 spiro atoms. The summed E-state index contributed by atoms with van der Waals surface area (Å²) in [5, 5.41) is 7.59. The van der Waals surface area contributed by atoms with Crippen LogP contribution >= 0.6 is 11.8 Å². The zero-order chi connectivity index (χ0) is 20.0. The van der Waals surface area contributed by atoms with Crippen molar-refractivity contribution in [3.63, 3.8) is 0 Å². The van der Waals surface area contributed by atoms with Crippen LogP contribution in [0.1, 0.15) is 5.56 Å². The molecule has 2 aromatic heterocycles. The molecular formula is C16H19N7O2S2. The van der Waals surface area contributed by atoms with Gasteiger partial charge in [0.25, 0.3) is 0 Å². The number of aromatic nitrogens is 2. The van der Waals surface area contributed by atoms with E-state index >= 15 is 0 Å². The molecule has 2 heterocycles. The summed E-state index contributed by atoms with van der Waals surface area (Å²) in [6, 6.07) is 5.18. The van der Waals surface area contributed by atoms with E-state index in [4.69, 9.17) is 16.9 Å². The number of pyridine rings is 2. The van der Waals surface area contributed by atoms with Crippen LogP contribution in [0.3, 0.4) is 0 Å². The lowest BCUT2D eigenvalue weighted by atomic mass is 10.1. The van der Waals surface area contributed by atoms with Crippen LogP contribution in [0.5, 0.6) is 0 Å². The summed E-state index contributed by atoms with van der Waals surface area (Å²) in [5.41, 5.74) is 14.1. The number of hydrogen-bond donors (Lipinski definition) is 3. The Labute approximate surface area is 161 Å². The molecule has 0 bridgehead atoms. The molecule has 0 aliphatic carbocycles. The number of fused-ring (bicyclic) bond motifs is 1. The zero-order valence-corrected chi connectivity index (χ0v) is 16.4. The third kappa shape index (κ3) is 6.15. The molecule has 2 rings (SSSR count). The molecule has 142 valence electrons. The van der Waals surface area contributed by atoms with E-state index in [1.807, 2.05) is 0 Å². The fourth-order valence-electron chi connectivity index (χ4n) is 2.10. The summed E-state index contributed by atoms with van der Waals surface area (Å²) in [4.78, 5) is 16.8. The Balaban J connectivity index is 2.30. The van der Waals surface area contributed by atoms with Crippen molar-refractivity contribution < 1.29 is 8.42 Å². The van der Waals surface area contributed by atoms with Gasteiger partial charge in [0.1, 0.15) is 0 Å². The molecule has 0 radical (unpaired) electrons. The first kappa shape index (κ1) is 20.5. The maximum Gasteiger partial charge on any atom is 0.166 e. The van der Waals surface area contributed by atoms with Crippen LogP contribution in [-0.4, -0.2) is 53.9 Å². The summed E-state index contributed by atoms with van der Waals surface area (Å²) in [7, 11) is -1.65. The smallest absolute Gasteiger partial charge is 0.166 e. The fourth-order valence-corrected chi connectivity index (χ4v) is 3.84. The molecule has 0 aliphatic rings. The fraction of sp³-hybridized carbons (Fsp3) is 0.188. The highest BCUT2D eigenvalue weighted by Gasteiger charge is 2.10. The van der Waals surface area contributed by atoms with Gasteiger partial charge in [-0.2, -0.15) is 0 Å². The second-order valence-electron chi connectivity index (χ2n) is 5.49. The first-order chi connectivity index (χ1) is 12.7. The second-order valence-corrected chi connectivity index (χ2v) is 8.74. The van der Waals surface area contributed by atoms with Gasteiger partial charge in [0, 0.05) is 43.1 Å². The van der Waals surface area contributed by atoms with Crippen LogP contribution in [-0.2, 0) is 9.84 Å². The summed E-state index contributed by atoms with van der Waals surface area (Å²) < 4.78 is 22.4. The van der Waals surface area contributed by atoms with E-state index in [0.29, 0.717) is 22.4 Å². The molecule has 0 aliphatic heterocycles. The average molecular weight is 406 g/mol. The van der Waals surface area contributed by atoms with Gasteiger partial charge in [-0.25, -0.2) is 18.4 Å². The van der Waals surface area contributed by atoms with E-state index in [9.17, 15) is 8.42 Å². The SMILES string of the molecule is CN=CC(=CN)c1cnc2ccc(N=C(N)SC(=N)CS(C)(=O)=O)nc2c1. The lowest BCUT2D eigenvalue weighted by Crippen LogP contribution is -2.16. The number of nitrogens with zero attached hydrogens (tertiary/aromatic N) is 4. The van der Waals surface area contributed by atoms with Crippen molar-refractivity contribution >= 4 is 60.4 Å². The van der Waals surface area contributed by atoms with Crippen molar-refractivity contribution in [2.24, 2.45) is 21.5 Å². The first-order valence-electron chi connectivity index (χ1n) is 7.60. The predicted molar refractivity (Wildman–Crippen MR) is 112 cm³/mol. The lowest BCUT2D eigenvalue weighted by molar-refractivity contribution is 0.605. The van der Waals surface area contributed by atoms with Crippen molar-refractivity contribution in [1.82, 2.24) is 9.97 Å². The maximum absolute atomic E-state index is 11.2. The molecule has 9 nitrogen and oxygen atoms in total. The topological polar surface area (TPSA) is 161 Å². The van der Waals surface area contributed by atoms with Crippen molar-refractivity contribution in [1.29, 1.82) is 5.41 Å². The first-order valence-corrected chi connectivity index (χ1v) is 10.5. The molecule has 0 saturated heterocycles. The molecule has 5 N–H and O–H groups in total. The Morgan fingerprint density at radius 3 is 2.74 bits per heavy atom. The van der Waals surface area contributed by atoms with E-state index in [2.05, 4.69) is 20.0 Å². The highest BCUT2D eigenvalue weighted by molar-refractivity contribution is 8.27. The van der Waals surface area contributed by atoms with Crippen molar-refractivity contribution in [3.8, 4) is 0 Å². The average Bonchev–Trinajstić information content (AvgIpc) is 2.57. The number of allylic oxidation sites excluding steroid dienone is 1. The number of sulfone groups is 1. The third-order valence-electron chi connectivity index (χ3n) is 3.15. The number of nitrogens with one attached hydrogen (secondary N) is 1. The van der Waals surface area contributed by atoms with Gasteiger partial charge in [-0.1, -0.05) is 0 Å². The summed E-state index contributed by atoms with van der Waals surface area (Å²) >= 11 is 0.778. The van der Waals surface area contributed by atoms with E-state index < -0.39 is 9.84 Å². The van der Waals surface area contributed by atoms with Gasteiger partial charge in [0.05, 0.1) is 21.8 Å². The minimum Gasteiger partial charge on any atom is -0.404 e. The molecular weight excluding hydrogens is 386 g/mol. The highest BCUT2D eigenvalue weighted by atomic mass is 32.2. The Bertz CT molecular complexity index is 1060. The Hall–Kier alpha value is -2.79. The minimum absolute atomic E-state index is 0.0280. The highest BCUT2D eigenvalue weighted by Crippen LogP contribution is 2.20. The van der Waals surface area contributed by atoms with Gasteiger partial charge < -0.3 is 11.5 Å². The van der Waals surface area contributed by atoms with Crippen LogP contribution < -0.4 is 11.5 Å². The van der Waals surface area contributed by atoms with E-state index in [1.54, 1.807) is 37.7 Å². The number of aliphatic imine (C=N–C) groups is 2. The van der Waals surface area contributed by atoms with Gasteiger partial charge in [-0.05, 0) is 30.0 Å². The number of amidine groups is 1. The Morgan fingerprint density at radius 2 is 2.11 bits per heavy atom. The molecule has 0 saturated carbocycles. The van der Waals surface area contributed by atoms with Crippen LogP contribution in [0.25, 0.3) is 16.6 Å². The lowest BCUT2D eigenvalue weighted by Gasteiger charge is -2.05. The van der Waals surface area contributed by atoms with Crippen molar-refractivity contribution in [2.75, 3.05) is 19.1 Å². The molecule has 0 fully saturated rings. The zero-order valence-electron chi connectivity index (χ0n) is 14.7. The van der Waals surface area contributed by atoms with E-state index in [1.165, 1.54) is 6.20 Å². The number of hydrogen-bond acceptors (Lipinski definition) is 9. The Morgan fingerprint density at radius 1 is 1.37 bits per heavy atom. The van der Waals surface area contributed by atoms with Crippen molar-refractivity contribution in [3.05, 3.63) is 36.2 Å². The predicted octanol–water partition coefficient (Wildman–Crippen LogP) is 1.33. The van der Waals surface area contributed by atoms with Gasteiger partial charge >= 0.3 is 0 Å². The molecule has 0 amide bonds. The van der Waals surface area contributed by atoms with E-state index in [0.717, 1.165) is 23.6 Å².